The number of nitrogens with zero attached hydrogens (tertiary/aromatic N) is 3. The highest BCUT2D eigenvalue weighted by molar-refractivity contribution is 5.80. The summed E-state index contributed by atoms with van der Waals surface area (Å²) in [6.45, 7) is 4.30. The zero-order valence-corrected chi connectivity index (χ0v) is 17.4. The minimum absolute atomic E-state index is 0.0755. The van der Waals surface area contributed by atoms with Crippen molar-refractivity contribution in [1.82, 2.24) is 20.1 Å². The van der Waals surface area contributed by atoms with Crippen molar-refractivity contribution in [2.45, 2.75) is 19.9 Å². The van der Waals surface area contributed by atoms with Crippen LogP contribution in [0.15, 0.2) is 71.5 Å². The van der Waals surface area contributed by atoms with E-state index in [-0.39, 0.29) is 5.56 Å². The molecule has 30 heavy (non-hydrogen) atoms. The molecule has 6 heteroatoms. The van der Waals surface area contributed by atoms with Crippen LogP contribution in [0.25, 0.3) is 16.7 Å². The van der Waals surface area contributed by atoms with Crippen molar-refractivity contribution in [1.29, 1.82) is 0 Å². The van der Waals surface area contributed by atoms with Crippen molar-refractivity contribution < 1.29 is 0 Å². The molecular weight excluding hydrogens is 374 g/mol. The molecule has 0 spiro atoms. The van der Waals surface area contributed by atoms with Crippen molar-refractivity contribution in [3.05, 3.63) is 88.3 Å². The minimum Gasteiger partial charge on any atom is -0.375 e. The van der Waals surface area contributed by atoms with E-state index in [0.717, 1.165) is 47.5 Å². The Balaban J connectivity index is 1.40. The first kappa shape index (κ1) is 19.9. The van der Waals surface area contributed by atoms with Crippen LogP contribution in [0.1, 0.15) is 17.7 Å². The summed E-state index contributed by atoms with van der Waals surface area (Å²) in [5.74, 6) is 0. The van der Waals surface area contributed by atoms with Gasteiger partial charge in [-0.05, 0) is 50.2 Å². The standard InChI is InChI=1S/C24H27N5O/c1-18-22-16-19(17-25-14-9-15-28(2)20-10-5-3-6-11-20)24(30)26-23(22)29(27-18)21-12-7-4-8-13-21/h3-8,10-13,16,25H,9,14-15,17H2,1-2H3,(H,26,30). The van der Waals surface area contributed by atoms with Crippen LogP contribution in [-0.4, -0.2) is 34.9 Å². The second-order valence-corrected chi connectivity index (χ2v) is 7.51. The summed E-state index contributed by atoms with van der Waals surface area (Å²) in [6.07, 6.45) is 0.997. The second-order valence-electron chi connectivity index (χ2n) is 7.51. The van der Waals surface area contributed by atoms with Gasteiger partial charge in [0.15, 0.2) is 0 Å². The van der Waals surface area contributed by atoms with Gasteiger partial charge in [-0.3, -0.25) is 4.79 Å². The van der Waals surface area contributed by atoms with Crippen LogP contribution in [-0.2, 0) is 6.54 Å². The van der Waals surface area contributed by atoms with Crippen LogP contribution < -0.4 is 15.8 Å². The molecule has 4 rings (SSSR count). The number of para-hydroxylation sites is 2. The maximum atomic E-state index is 12.6. The molecule has 0 amide bonds. The van der Waals surface area contributed by atoms with E-state index in [1.807, 2.05) is 49.4 Å². The predicted octanol–water partition coefficient (Wildman–Crippen LogP) is 3.64. The van der Waals surface area contributed by atoms with E-state index in [9.17, 15) is 4.79 Å². The summed E-state index contributed by atoms with van der Waals surface area (Å²) in [6, 6.07) is 22.2. The molecule has 2 N–H and O–H groups in total. The van der Waals surface area contributed by atoms with Gasteiger partial charge in [-0.25, -0.2) is 4.68 Å². The molecule has 2 aromatic carbocycles. The number of anilines is 1. The highest BCUT2D eigenvalue weighted by Gasteiger charge is 2.12. The van der Waals surface area contributed by atoms with E-state index >= 15 is 0 Å². The number of fused-ring (bicyclic) bond motifs is 1. The molecular formula is C24H27N5O. The topological polar surface area (TPSA) is 66.0 Å². The molecule has 0 bridgehead atoms. The summed E-state index contributed by atoms with van der Waals surface area (Å²) >= 11 is 0. The monoisotopic (exact) mass is 401 g/mol. The molecule has 2 heterocycles. The highest BCUT2D eigenvalue weighted by Crippen LogP contribution is 2.19. The van der Waals surface area contributed by atoms with Crippen LogP contribution in [0.4, 0.5) is 5.69 Å². The van der Waals surface area contributed by atoms with Gasteiger partial charge < -0.3 is 15.2 Å². The maximum Gasteiger partial charge on any atom is 0.254 e. The summed E-state index contributed by atoms with van der Waals surface area (Å²) in [7, 11) is 2.10. The molecule has 0 aliphatic carbocycles. The Morgan fingerprint density at radius 1 is 1.07 bits per heavy atom. The Morgan fingerprint density at radius 2 is 1.77 bits per heavy atom. The summed E-state index contributed by atoms with van der Waals surface area (Å²) in [5.41, 5.74) is 4.43. The van der Waals surface area contributed by atoms with Crippen molar-refractivity contribution in [3.8, 4) is 5.69 Å². The van der Waals surface area contributed by atoms with E-state index in [0.29, 0.717) is 6.54 Å². The molecule has 0 aliphatic heterocycles. The molecule has 0 saturated carbocycles. The van der Waals surface area contributed by atoms with Crippen molar-refractivity contribution in [3.63, 3.8) is 0 Å². The van der Waals surface area contributed by atoms with E-state index in [1.165, 1.54) is 5.69 Å². The smallest absolute Gasteiger partial charge is 0.254 e. The van der Waals surface area contributed by atoms with Gasteiger partial charge in [-0.2, -0.15) is 5.10 Å². The summed E-state index contributed by atoms with van der Waals surface area (Å²) in [4.78, 5) is 17.9. The Morgan fingerprint density at radius 3 is 2.50 bits per heavy atom. The Kier molecular flexibility index (Phi) is 5.95. The zero-order chi connectivity index (χ0) is 20.9. The number of hydrogen-bond acceptors (Lipinski definition) is 4. The van der Waals surface area contributed by atoms with Gasteiger partial charge in [0.25, 0.3) is 5.56 Å². The molecule has 0 unspecified atom stereocenters. The number of aromatic nitrogens is 3. The first-order valence-corrected chi connectivity index (χ1v) is 10.3. The van der Waals surface area contributed by atoms with Crippen LogP contribution in [0.3, 0.4) is 0 Å². The van der Waals surface area contributed by atoms with Crippen LogP contribution in [0.2, 0.25) is 0 Å². The molecule has 0 saturated heterocycles. The lowest BCUT2D eigenvalue weighted by Gasteiger charge is -2.19. The SMILES string of the molecule is Cc1nn(-c2ccccc2)c2[nH]c(=O)c(CNCCCN(C)c3ccccc3)cc12. The Hall–Kier alpha value is -3.38. The largest absolute Gasteiger partial charge is 0.375 e. The fraction of sp³-hybridized carbons (Fsp3) is 0.250. The lowest BCUT2D eigenvalue weighted by molar-refractivity contribution is 0.643. The zero-order valence-electron chi connectivity index (χ0n) is 17.4. The van der Waals surface area contributed by atoms with Crippen molar-refractivity contribution in [2.75, 3.05) is 25.0 Å². The predicted molar refractivity (Wildman–Crippen MR) is 122 cm³/mol. The average Bonchev–Trinajstić information content (AvgIpc) is 3.10. The van der Waals surface area contributed by atoms with E-state index in [1.54, 1.807) is 4.68 Å². The van der Waals surface area contributed by atoms with Gasteiger partial charge in [-0.15, -0.1) is 0 Å². The number of H-pyrrole nitrogens is 1. The molecule has 0 aliphatic rings. The second kappa shape index (κ2) is 8.97. The number of rotatable bonds is 8. The number of aromatic amines is 1. The van der Waals surface area contributed by atoms with E-state index in [2.05, 4.69) is 51.6 Å². The number of aryl methyl sites for hydroxylation is 1. The van der Waals surface area contributed by atoms with Gasteiger partial charge in [-0.1, -0.05) is 36.4 Å². The van der Waals surface area contributed by atoms with Gasteiger partial charge in [0.2, 0.25) is 0 Å². The number of pyridine rings is 1. The quantitative estimate of drug-likeness (QED) is 0.443. The molecule has 2 aromatic heterocycles. The third-order valence-corrected chi connectivity index (χ3v) is 5.31. The summed E-state index contributed by atoms with van der Waals surface area (Å²) in [5, 5.41) is 8.99. The number of hydrogen-bond donors (Lipinski definition) is 2. The lowest BCUT2D eigenvalue weighted by atomic mass is 10.2. The third kappa shape index (κ3) is 4.28. The fourth-order valence-electron chi connectivity index (χ4n) is 3.62. The van der Waals surface area contributed by atoms with Crippen molar-refractivity contribution in [2.24, 2.45) is 0 Å². The lowest BCUT2D eigenvalue weighted by Crippen LogP contribution is -2.25. The van der Waals surface area contributed by atoms with Crippen molar-refractivity contribution >= 4 is 16.7 Å². The Bertz CT molecular complexity index is 1160. The molecule has 0 atom stereocenters. The molecule has 6 nitrogen and oxygen atoms in total. The van der Waals surface area contributed by atoms with Gasteiger partial charge >= 0.3 is 0 Å². The third-order valence-electron chi connectivity index (χ3n) is 5.31. The van der Waals surface area contributed by atoms with Gasteiger partial charge in [0, 0.05) is 36.8 Å². The average molecular weight is 402 g/mol. The van der Waals surface area contributed by atoms with Gasteiger partial charge in [0.1, 0.15) is 5.65 Å². The number of benzene rings is 2. The first-order chi connectivity index (χ1) is 14.6. The summed E-state index contributed by atoms with van der Waals surface area (Å²) < 4.78 is 1.79. The van der Waals surface area contributed by atoms with Crippen LogP contribution in [0.5, 0.6) is 0 Å². The van der Waals surface area contributed by atoms with Gasteiger partial charge in [0.05, 0.1) is 11.4 Å². The Labute approximate surface area is 176 Å². The highest BCUT2D eigenvalue weighted by atomic mass is 16.1. The van der Waals surface area contributed by atoms with E-state index < -0.39 is 0 Å². The first-order valence-electron chi connectivity index (χ1n) is 10.3. The van der Waals surface area contributed by atoms with Crippen LogP contribution in [0, 0.1) is 6.92 Å². The van der Waals surface area contributed by atoms with E-state index in [4.69, 9.17) is 0 Å². The van der Waals surface area contributed by atoms with Crippen LogP contribution >= 0.6 is 0 Å². The number of nitrogens with one attached hydrogen (secondary N) is 2. The normalized spacial score (nSPS) is 11.1. The fourth-order valence-corrected chi connectivity index (χ4v) is 3.62. The molecule has 0 radical (unpaired) electrons. The molecule has 4 aromatic rings. The maximum absolute atomic E-state index is 12.6. The minimum atomic E-state index is -0.0755. The molecule has 0 fully saturated rings. The molecule has 154 valence electrons.